The number of hydrogen-bond acceptors (Lipinski definition) is 5. The van der Waals surface area contributed by atoms with Gasteiger partial charge in [0.15, 0.2) is 11.5 Å². The molecule has 1 aliphatic heterocycles. The number of aryl methyl sites for hydroxylation is 1. The molecule has 6 nitrogen and oxygen atoms in total. The van der Waals surface area contributed by atoms with Crippen LogP contribution in [0.3, 0.4) is 0 Å². The molecule has 0 bridgehead atoms. The van der Waals surface area contributed by atoms with Crippen molar-refractivity contribution < 1.29 is 9.47 Å². The molecule has 3 heterocycles. The van der Waals surface area contributed by atoms with Crippen LogP contribution < -0.4 is 9.47 Å². The van der Waals surface area contributed by atoms with Crippen LogP contribution in [0.1, 0.15) is 11.1 Å². The molecule has 0 saturated heterocycles. The summed E-state index contributed by atoms with van der Waals surface area (Å²) in [5, 5.41) is 5.92. The van der Waals surface area contributed by atoms with Gasteiger partial charge in [-0.3, -0.25) is 14.6 Å². The first kappa shape index (κ1) is 18.6. The fraction of sp³-hybridized carbons (Fsp3) is 0.250. The largest absolute Gasteiger partial charge is 0.486 e. The molecular formula is C24H24N4O2. The first-order valence-electron chi connectivity index (χ1n) is 10.1. The fourth-order valence-corrected chi connectivity index (χ4v) is 4.03. The van der Waals surface area contributed by atoms with E-state index in [4.69, 9.17) is 14.6 Å². The summed E-state index contributed by atoms with van der Waals surface area (Å²) >= 11 is 0. The zero-order valence-electron chi connectivity index (χ0n) is 17.2. The number of nitrogens with zero attached hydrogens (tertiary/aromatic N) is 4. The summed E-state index contributed by atoms with van der Waals surface area (Å²) in [6.07, 6.45) is 3.93. The summed E-state index contributed by atoms with van der Waals surface area (Å²) in [7, 11) is 4.09. The molecule has 1 aliphatic rings. The summed E-state index contributed by atoms with van der Waals surface area (Å²) < 4.78 is 13.3. The van der Waals surface area contributed by atoms with Gasteiger partial charge in [0.25, 0.3) is 0 Å². The predicted molar refractivity (Wildman–Crippen MR) is 117 cm³/mol. The molecule has 152 valence electrons. The monoisotopic (exact) mass is 400 g/mol. The van der Waals surface area contributed by atoms with Gasteiger partial charge >= 0.3 is 0 Å². The van der Waals surface area contributed by atoms with Gasteiger partial charge in [0.2, 0.25) is 0 Å². The summed E-state index contributed by atoms with van der Waals surface area (Å²) in [5.41, 5.74) is 5.49. The van der Waals surface area contributed by atoms with Crippen molar-refractivity contribution in [2.75, 3.05) is 20.3 Å². The third-order valence-corrected chi connectivity index (χ3v) is 5.34. The smallest absolute Gasteiger partial charge is 0.162 e. The molecular weight excluding hydrogens is 376 g/mol. The average Bonchev–Trinajstić information content (AvgIpc) is 3.13. The summed E-state index contributed by atoms with van der Waals surface area (Å²) in [4.78, 5) is 6.78. The van der Waals surface area contributed by atoms with E-state index in [0.717, 1.165) is 41.4 Å². The molecule has 0 amide bonds. The maximum absolute atomic E-state index is 5.76. The van der Waals surface area contributed by atoms with Gasteiger partial charge in [-0.2, -0.15) is 5.10 Å². The van der Waals surface area contributed by atoms with Crippen molar-refractivity contribution in [2.45, 2.75) is 13.1 Å². The van der Waals surface area contributed by atoms with E-state index in [9.17, 15) is 0 Å². The Hall–Kier alpha value is -3.38. The molecule has 4 aromatic rings. The SMILES string of the molecule is CN(Cc1cn(C)nc1-c1ccc2c(c1)OCCO2)Cc1cccc2ncccc12. The molecule has 0 radical (unpaired) electrons. The Balaban J connectivity index is 1.40. The lowest BCUT2D eigenvalue weighted by Gasteiger charge is -2.19. The lowest BCUT2D eigenvalue weighted by Crippen LogP contribution is -2.17. The molecule has 2 aromatic heterocycles. The van der Waals surface area contributed by atoms with Gasteiger partial charge in [0, 0.05) is 49.0 Å². The highest BCUT2D eigenvalue weighted by atomic mass is 16.6. The standard InChI is InChI=1S/C24H24N4O2/c1-27(14-18-5-3-7-21-20(18)6-4-10-25-21)15-19-16-28(2)26-24(19)17-8-9-22-23(13-17)30-12-11-29-22/h3-10,13,16H,11-12,14-15H2,1-2H3. The normalized spacial score (nSPS) is 13.2. The molecule has 2 aromatic carbocycles. The Morgan fingerprint density at radius 3 is 2.70 bits per heavy atom. The molecule has 0 atom stereocenters. The molecule has 0 fully saturated rings. The highest BCUT2D eigenvalue weighted by Crippen LogP contribution is 2.35. The van der Waals surface area contributed by atoms with Crippen LogP contribution in [-0.4, -0.2) is 39.9 Å². The number of fused-ring (bicyclic) bond motifs is 2. The Morgan fingerprint density at radius 1 is 0.967 bits per heavy atom. The van der Waals surface area contributed by atoms with E-state index in [1.807, 2.05) is 36.1 Å². The molecule has 0 aliphatic carbocycles. The van der Waals surface area contributed by atoms with E-state index in [2.05, 4.69) is 53.5 Å². The van der Waals surface area contributed by atoms with E-state index < -0.39 is 0 Å². The van der Waals surface area contributed by atoms with Crippen molar-refractivity contribution >= 4 is 10.9 Å². The zero-order chi connectivity index (χ0) is 20.5. The Kier molecular flexibility index (Phi) is 4.85. The number of hydrogen-bond donors (Lipinski definition) is 0. The van der Waals surface area contributed by atoms with E-state index in [1.165, 1.54) is 16.5 Å². The van der Waals surface area contributed by atoms with Gasteiger partial charge in [0.05, 0.1) is 11.2 Å². The summed E-state index contributed by atoms with van der Waals surface area (Å²) in [6.45, 7) is 2.79. The van der Waals surface area contributed by atoms with E-state index >= 15 is 0 Å². The number of rotatable bonds is 5. The Labute approximate surface area is 175 Å². The quantitative estimate of drug-likeness (QED) is 0.506. The van der Waals surface area contributed by atoms with Crippen molar-refractivity contribution in [1.82, 2.24) is 19.7 Å². The van der Waals surface area contributed by atoms with Gasteiger partial charge in [-0.25, -0.2) is 0 Å². The molecule has 0 N–H and O–H groups in total. The van der Waals surface area contributed by atoms with Crippen LogP contribution in [0, 0.1) is 0 Å². The second-order valence-corrected chi connectivity index (χ2v) is 7.69. The molecule has 0 unspecified atom stereocenters. The van der Waals surface area contributed by atoms with Gasteiger partial charge in [0.1, 0.15) is 13.2 Å². The number of ether oxygens (including phenoxy) is 2. The lowest BCUT2D eigenvalue weighted by molar-refractivity contribution is 0.171. The van der Waals surface area contributed by atoms with Crippen molar-refractivity contribution in [1.29, 1.82) is 0 Å². The van der Waals surface area contributed by atoms with Gasteiger partial charge in [-0.1, -0.05) is 18.2 Å². The van der Waals surface area contributed by atoms with Crippen LogP contribution in [-0.2, 0) is 20.1 Å². The maximum Gasteiger partial charge on any atom is 0.162 e. The molecule has 6 heteroatoms. The summed E-state index contributed by atoms with van der Waals surface area (Å²) in [6, 6.07) is 16.5. The van der Waals surface area contributed by atoms with Crippen LogP contribution in [0.25, 0.3) is 22.2 Å². The van der Waals surface area contributed by atoms with Crippen LogP contribution in [0.5, 0.6) is 11.5 Å². The molecule has 0 spiro atoms. The minimum Gasteiger partial charge on any atom is -0.486 e. The second kappa shape index (κ2) is 7.80. The van der Waals surface area contributed by atoms with Gasteiger partial charge in [-0.15, -0.1) is 0 Å². The van der Waals surface area contributed by atoms with Gasteiger partial charge in [-0.05, 0) is 42.9 Å². The van der Waals surface area contributed by atoms with Crippen LogP contribution in [0.4, 0.5) is 0 Å². The second-order valence-electron chi connectivity index (χ2n) is 7.69. The minimum absolute atomic E-state index is 0.578. The third-order valence-electron chi connectivity index (χ3n) is 5.34. The fourth-order valence-electron chi connectivity index (χ4n) is 4.03. The van der Waals surface area contributed by atoms with Crippen molar-refractivity contribution in [3.8, 4) is 22.8 Å². The van der Waals surface area contributed by atoms with E-state index in [1.54, 1.807) is 0 Å². The molecule has 30 heavy (non-hydrogen) atoms. The van der Waals surface area contributed by atoms with Crippen LogP contribution in [0.15, 0.2) is 60.9 Å². The Morgan fingerprint density at radius 2 is 1.80 bits per heavy atom. The van der Waals surface area contributed by atoms with Crippen LogP contribution >= 0.6 is 0 Å². The highest BCUT2D eigenvalue weighted by Gasteiger charge is 2.17. The van der Waals surface area contributed by atoms with Crippen molar-refractivity contribution in [3.63, 3.8) is 0 Å². The lowest BCUT2D eigenvalue weighted by atomic mass is 10.1. The predicted octanol–water partition coefficient (Wildman–Crippen LogP) is 4.04. The Bertz CT molecular complexity index is 1200. The average molecular weight is 400 g/mol. The van der Waals surface area contributed by atoms with Crippen molar-refractivity contribution in [2.24, 2.45) is 7.05 Å². The van der Waals surface area contributed by atoms with Gasteiger partial charge < -0.3 is 9.47 Å². The number of benzene rings is 2. The highest BCUT2D eigenvalue weighted by molar-refractivity contribution is 5.81. The first-order chi connectivity index (χ1) is 14.7. The van der Waals surface area contributed by atoms with E-state index in [-0.39, 0.29) is 0 Å². The van der Waals surface area contributed by atoms with E-state index in [0.29, 0.717) is 13.2 Å². The number of pyridine rings is 1. The number of aromatic nitrogens is 3. The third kappa shape index (κ3) is 3.62. The van der Waals surface area contributed by atoms with Crippen molar-refractivity contribution in [3.05, 3.63) is 72.1 Å². The summed E-state index contributed by atoms with van der Waals surface area (Å²) in [5.74, 6) is 1.58. The minimum atomic E-state index is 0.578. The topological polar surface area (TPSA) is 52.4 Å². The molecule has 5 rings (SSSR count). The van der Waals surface area contributed by atoms with Crippen LogP contribution in [0.2, 0.25) is 0 Å². The zero-order valence-corrected chi connectivity index (χ0v) is 17.2. The first-order valence-corrected chi connectivity index (χ1v) is 10.1. The maximum atomic E-state index is 5.76. The molecule has 0 saturated carbocycles.